The van der Waals surface area contributed by atoms with Crippen LogP contribution in [-0.4, -0.2) is 11.5 Å². The fraction of sp³-hybridized carbons (Fsp3) is 0.312. The standard InChI is InChI=1S/C16H18F2N2/c1-3-19-15(14-9-4-6-11(2)20-14)10-12-7-5-8-13(17)16(12)18/h4-9,15,19H,3,10H2,1-2H3. The lowest BCUT2D eigenvalue weighted by molar-refractivity contribution is 0.478. The summed E-state index contributed by atoms with van der Waals surface area (Å²) in [5.41, 5.74) is 2.11. The van der Waals surface area contributed by atoms with Gasteiger partial charge in [0.15, 0.2) is 11.6 Å². The molecule has 1 heterocycles. The van der Waals surface area contributed by atoms with Crippen LogP contribution >= 0.6 is 0 Å². The Labute approximate surface area is 117 Å². The van der Waals surface area contributed by atoms with Gasteiger partial charge in [-0.1, -0.05) is 25.1 Å². The normalized spacial score (nSPS) is 12.4. The summed E-state index contributed by atoms with van der Waals surface area (Å²) in [7, 11) is 0. The van der Waals surface area contributed by atoms with E-state index in [1.807, 2.05) is 32.0 Å². The Hall–Kier alpha value is -1.81. The molecule has 1 aromatic heterocycles. The van der Waals surface area contributed by atoms with Crippen LogP contribution in [-0.2, 0) is 6.42 Å². The number of nitrogens with one attached hydrogen (secondary N) is 1. The van der Waals surface area contributed by atoms with Crippen molar-refractivity contribution in [2.75, 3.05) is 6.54 Å². The number of hydrogen-bond acceptors (Lipinski definition) is 2. The van der Waals surface area contributed by atoms with Crippen molar-refractivity contribution < 1.29 is 8.78 Å². The lowest BCUT2D eigenvalue weighted by Gasteiger charge is -2.18. The van der Waals surface area contributed by atoms with Crippen LogP contribution in [0, 0.1) is 18.6 Å². The monoisotopic (exact) mass is 276 g/mol. The molecule has 1 unspecified atom stereocenters. The number of aryl methyl sites for hydroxylation is 1. The molecule has 0 amide bonds. The molecule has 0 saturated heterocycles. The lowest BCUT2D eigenvalue weighted by atomic mass is 10.0. The first-order valence-corrected chi connectivity index (χ1v) is 6.71. The van der Waals surface area contributed by atoms with Gasteiger partial charge in [0.25, 0.3) is 0 Å². The van der Waals surface area contributed by atoms with Gasteiger partial charge in [0.2, 0.25) is 0 Å². The van der Waals surface area contributed by atoms with E-state index in [4.69, 9.17) is 0 Å². The van der Waals surface area contributed by atoms with E-state index in [1.165, 1.54) is 6.07 Å². The molecule has 2 aromatic rings. The summed E-state index contributed by atoms with van der Waals surface area (Å²) in [6.45, 7) is 4.62. The van der Waals surface area contributed by atoms with E-state index in [0.717, 1.165) is 24.0 Å². The van der Waals surface area contributed by atoms with Gasteiger partial charge in [-0.3, -0.25) is 4.98 Å². The highest BCUT2D eigenvalue weighted by molar-refractivity contribution is 5.23. The minimum atomic E-state index is -0.810. The van der Waals surface area contributed by atoms with E-state index in [-0.39, 0.29) is 6.04 Å². The Morgan fingerprint density at radius 3 is 2.60 bits per heavy atom. The second-order valence-corrected chi connectivity index (χ2v) is 4.73. The third kappa shape index (κ3) is 3.39. The molecule has 0 saturated carbocycles. The van der Waals surface area contributed by atoms with Crippen molar-refractivity contribution in [2.24, 2.45) is 0 Å². The average molecular weight is 276 g/mol. The van der Waals surface area contributed by atoms with E-state index < -0.39 is 11.6 Å². The summed E-state index contributed by atoms with van der Waals surface area (Å²) in [5.74, 6) is -1.59. The van der Waals surface area contributed by atoms with Crippen molar-refractivity contribution in [1.29, 1.82) is 0 Å². The number of rotatable bonds is 5. The molecule has 0 aliphatic heterocycles. The Balaban J connectivity index is 2.28. The number of nitrogens with zero attached hydrogens (tertiary/aromatic N) is 1. The number of pyridine rings is 1. The van der Waals surface area contributed by atoms with Crippen molar-refractivity contribution in [3.8, 4) is 0 Å². The molecule has 1 atom stereocenters. The molecule has 2 nitrogen and oxygen atoms in total. The zero-order valence-corrected chi connectivity index (χ0v) is 11.7. The minimum Gasteiger partial charge on any atom is -0.309 e. The van der Waals surface area contributed by atoms with Gasteiger partial charge in [0, 0.05) is 5.69 Å². The van der Waals surface area contributed by atoms with Crippen LogP contribution in [0.3, 0.4) is 0 Å². The van der Waals surface area contributed by atoms with Crippen molar-refractivity contribution in [1.82, 2.24) is 10.3 Å². The second-order valence-electron chi connectivity index (χ2n) is 4.73. The summed E-state index contributed by atoms with van der Waals surface area (Å²) < 4.78 is 27.0. The van der Waals surface area contributed by atoms with Gasteiger partial charge in [-0.2, -0.15) is 0 Å². The van der Waals surface area contributed by atoms with Crippen LogP contribution in [0.4, 0.5) is 8.78 Å². The molecule has 0 bridgehead atoms. The third-order valence-electron chi connectivity index (χ3n) is 3.17. The molecule has 106 valence electrons. The summed E-state index contributed by atoms with van der Waals surface area (Å²) in [4.78, 5) is 4.46. The summed E-state index contributed by atoms with van der Waals surface area (Å²) in [6.07, 6.45) is 0.369. The van der Waals surface area contributed by atoms with Gasteiger partial charge >= 0.3 is 0 Å². The molecule has 0 aliphatic rings. The highest BCUT2D eigenvalue weighted by Gasteiger charge is 2.16. The second kappa shape index (κ2) is 6.57. The fourth-order valence-electron chi connectivity index (χ4n) is 2.21. The van der Waals surface area contributed by atoms with E-state index in [2.05, 4.69) is 10.3 Å². The molecule has 0 radical (unpaired) electrons. The summed E-state index contributed by atoms with van der Waals surface area (Å²) >= 11 is 0. The Kier molecular flexibility index (Phi) is 4.79. The highest BCUT2D eigenvalue weighted by Crippen LogP contribution is 2.20. The van der Waals surface area contributed by atoms with Gasteiger partial charge in [-0.25, -0.2) is 8.78 Å². The first-order valence-electron chi connectivity index (χ1n) is 6.71. The SMILES string of the molecule is CCNC(Cc1cccc(F)c1F)c1cccc(C)n1. The molecule has 0 aliphatic carbocycles. The van der Waals surface area contributed by atoms with Crippen LogP contribution in [0.15, 0.2) is 36.4 Å². The Bertz CT molecular complexity index is 584. The zero-order chi connectivity index (χ0) is 14.5. The number of aromatic nitrogens is 1. The number of benzene rings is 1. The Morgan fingerprint density at radius 1 is 1.15 bits per heavy atom. The zero-order valence-electron chi connectivity index (χ0n) is 11.7. The van der Waals surface area contributed by atoms with Crippen molar-refractivity contribution in [2.45, 2.75) is 26.3 Å². The highest BCUT2D eigenvalue weighted by atomic mass is 19.2. The van der Waals surface area contributed by atoms with Gasteiger partial charge in [-0.05, 0) is 43.7 Å². The molecular formula is C16H18F2N2. The average Bonchev–Trinajstić information content (AvgIpc) is 2.43. The predicted molar refractivity (Wildman–Crippen MR) is 75.5 cm³/mol. The fourth-order valence-corrected chi connectivity index (χ4v) is 2.21. The first kappa shape index (κ1) is 14.6. The van der Waals surface area contributed by atoms with Gasteiger partial charge in [0.05, 0.1) is 11.7 Å². The topological polar surface area (TPSA) is 24.9 Å². The molecule has 20 heavy (non-hydrogen) atoms. The van der Waals surface area contributed by atoms with Gasteiger partial charge < -0.3 is 5.32 Å². The molecular weight excluding hydrogens is 258 g/mol. The maximum absolute atomic E-state index is 13.8. The summed E-state index contributed by atoms with van der Waals surface area (Å²) in [5, 5.41) is 3.27. The number of likely N-dealkylation sites (N-methyl/N-ethyl adjacent to an activating group) is 1. The van der Waals surface area contributed by atoms with Gasteiger partial charge in [0.1, 0.15) is 0 Å². The smallest absolute Gasteiger partial charge is 0.162 e. The maximum Gasteiger partial charge on any atom is 0.162 e. The molecule has 0 spiro atoms. The van der Waals surface area contributed by atoms with Crippen LogP contribution in [0.2, 0.25) is 0 Å². The largest absolute Gasteiger partial charge is 0.309 e. The van der Waals surface area contributed by atoms with Crippen molar-refractivity contribution in [3.05, 3.63) is 65.0 Å². The first-order chi connectivity index (χ1) is 9.61. The van der Waals surface area contributed by atoms with Crippen LogP contribution in [0.1, 0.15) is 29.9 Å². The third-order valence-corrected chi connectivity index (χ3v) is 3.17. The van der Waals surface area contributed by atoms with Crippen LogP contribution < -0.4 is 5.32 Å². The quantitative estimate of drug-likeness (QED) is 0.903. The van der Waals surface area contributed by atoms with Crippen LogP contribution in [0.25, 0.3) is 0 Å². The van der Waals surface area contributed by atoms with Crippen molar-refractivity contribution in [3.63, 3.8) is 0 Å². The van der Waals surface area contributed by atoms with Crippen molar-refractivity contribution >= 4 is 0 Å². The molecule has 0 fully saturated rings. The molecule has 4 heteroatoms. The molecule has 1 aromatic carbocycles. The van der Waals surface area contributed by atoms with Gasteiger partial charge in [-0.15, -0.1) is 0 Å². The Morgan fingerprint density at radius 2 is 1.90 bits per heavy atom. The number of halogens is 2. The summed E-state index contributed by atoms with van der Waals surface area (Å²) in [6, 6.07) is 9.87. The molecule has 1 N–H and O–H groups in total. The van der Waals surface area contributed by atoms with E-state index in [1.54, 1.807) is 6.07 Å². The molecule has 2 rings (SSSR count). The van der Waals surface area contributed by atoms with E-state index >= 15 is 0 Å². The number of hydrogen-bond donors (Lipinski definition) is 1. The van der Waals surface area contributed by atoms with E-state index in [9.17, 15) is 8.78 Å². The maximum atomic E-state index is 13.8. The van der Waals surface area contributed by atoms with E-state index in [0.29, 0.717) is 12.0 Å². The minimum absolute atomic E-state index is 0.129. The lowest BCUT2D eigenvalue weighted by Crippen LogP contribution is -2.24. The van der Waals surface area contributed by atoms with Crippen LogP contribution in [0.5, 0.6) is 0 Å². The predicted octanol–water partition coefficient (Wildman–Crippen LogP) is 3.56.